The van der Waals surface area contributed by atoms with Crippen molar-refractivity contribution in [2.24, 2.45) is 0 Å². The van der Waals surface area contributed by atoms with Crippen molar-refractivity contribution in [2.45, 2.75) is 18.8 Å². The van der Waals surface area contributed by atoms with E-state index in [4.69, 9.17) is 4.74 Å². The Morgan fingerprint density at radius 2 is 2.31 bits per heavy atom. The van der Waals surface area contributed by atoms with Gasteiger partial charge in [-0.1, -0.05) is 0 Å². The third kappa shape index (κ3) is 1.97. The highest BCUT2D eigenvalue weighted by molar-refractivity contribution is 5.48. The number of methoxy groups -OCH3 is 1. The largest absolute Gasteiger partial charge is 0.504 e. The Morgan fingerprint density at radius 1 is 1.50 bits per heavy atom. The van der Waals surface area contributed by atoms with Crippen molar-refractivity contribution in [3.8, 4) is 11.5 Å². The molecule has 1 atom stereocenters. The Balaban J connectivity index is 2.37. The number of benzene rings is 1. The molecule has 1 aliphatic rings. The van der Waals surface area contributed by atoms with Gasteiger partial charge in [0.2, 0.25) is 0 Å². The fourth-order valence-corrected chi connectivity index (χ4v) is 2.21. The summed E-state index contributed by atoms with van der Waals surface area (Å²) in [5.74, 6) is -0.0472. The van der Waals surface area contributed by atoms with E-state index in [0.29, 0.717) is 17.9 Å². The number of phenolic OH excluding ortho intramolecular Hbond substituents is 1. The molecular weight excluding hydrogens is 209 g/mol. The van der Waals surface area contributed by atoms with Gasteiger partial charge in [-0.15, -0.1) is 0 Å². The second-order valence-corrected chi connectivity index (χ2v) is 4.06. The molecule has 2 N–H and O–H groups in total. The lowest BCUT2D eigenvalue weighted by Gasteiger charge is -2.24. The van der Waals surface area contributed by atoms with Crippen LogP contribution in [0.4, 0.5) is 4.39 Å². The third-order valence-corrected chi connectivity index (χ3v) is 3.05. The van der Waals surface area contributed by atoms with Crippen LogP contribution in [-0.2, 0) is 0 Å². The number of rotatable bonds is 2. The summed E-state index contributed by atoms with van der Waals surface area (Å²) in [6, 6.07) is 2.80. The molecule has 4 heteroatoms. The molecular formula is C12H16FNO2. The van der Waals surface area contributed by atoms with Crippen LogP contribution in [0.3, 0.4) is 0 Å². The quantitative estimate of drug-likeness (QED) is 0.809. The van der Waals surface area contributed by atoms with Crippen molar-refractivity contribution >= 4 is 0 Å². The van der Waals surface area contributed by atoms with E-state index in [1.54, 1.807) is 0 Å². The molecule has 0 aliphatic carbocycles. The number of hydrogen-bond acceptors (Lipinski definition) is 3. The van der Waals surface area contributed by atoms with Crippen LogP contribution in [-0.4, -0.2) is 25.3 Å². The van der Waals surface area contributed by atoms with E-state index >= 15 is 0 Å². The summed E-state index contributed by atoms with van der Waals surface area (Å²) in [6.07, 6.45) is 1.89. The average molecular weight is 225 g/mol. The minimum Gasteiger partial charge on any atom is -0.504 e. The predicted octanol–water partition coefficient (Wildman–Crippen LogP) is 2.01. The fraction of sp³-hybridized carbons (Fsp3) is 0.500. The first-order valence-electron chi connectivity index (χ1n) is 5.50. The van der Waals surface area contributed by atoms with Gasteiger partial charge in [-0.05, 0) is 31.5 Å². The second kappa shape index (κ2) is 4.70. The van der Waals surface area contributed by atoms with E-state index in [1.165, 1.54) is 19.2 Å². The minimum atomic E-state index is -0.355. The highest BCUT2D eigenvalue weighted by Crippen LogP contribution is 2.38. The predicted molar refractivity (Wildman–Crippen MR) is 59.5 cm³/mol. The molecule has 1 fully saturated rings. The SMILES string of the molecule is COc1ccc(F)c(C2CCCNC2)c1O. The van der Waals surface area contributed by atoms with Crippen LogP contribution in [0.15, 0.2) is 12.1 Å². The summed E-state index contributed by atoms with van der Waals surface area (Å²) < 4.78 is 18.7. The zero-order valence-corrected chi connectivity index (χ0v) is 9.29. The van der Waals surface area contributed by atoms with Crippen molar-refractivity contribution in [3.63, 3.8) is 0 Å². The molecule has 0 bridgehead atoms. The van der Waals surface area contributed by atoms with Gasteiger partial charge < -0.3 is 15.2 Å². The fourth-order valence-electron chi connectivity index (χ4n) is 2.21. The normalized spacial score (nSPS) is 20.8. The van der Waals surface area contributed by atoms with Crippen LogP contribution in [0, 0.1) is 5.82 Å². The summed E-state index contributed by atoms with van der Waals surface area (Å²) >= 11 is 0. The highest BCUT2D eigenvalue weighted by atomic mass is 19.1. The number of aromatic hydroxyl groups is 1. The third-order valence-electron chi connectivity index (χ3n) is 3.05. The van der Waals surface area contributed by atoms with E-state index in [2.05, 4.69) is 5.32 Å². The van der Waals surface area contributed by atoms with Gasteiger partial charge in [0, 0.05) is 18.0 Å². The summed E-state index contributed by atoms with van der Waals surface area (Å²) in [6.45, 7) is 1.67. The Morgan fingerprint density at radius 3 is 2.94 bits per heavy atom. The highest BCUT2D eigenvalue weighted by Gasteiger charge is 2.23. The molecule has 1 unspecified atom stereocenters. The molecule has 1 aliphatic heterocycles. The monoisotopic (exact) mass is 225 g/mol. The van der Waals surface area contributed by atoms with Gasteiger partial charge in [0.25, 0.3) is 0 Å². The molecule has 0 amide bonds. The Kier molecular flexibility index (Phi) is 3.29. The van der Waals surface area contributed by atoms with Gasteiger partial charge in [0.05, 0.1) is 7.11 Å². The summed E-state index contributed by atoms with van der Waals surface area (Å²) in [7, 11) is 1.47. The van der Waals surface area contributed by atoms with Gasteiger partial charge in [-0.25, -0.2) is 4.39 Å². The standard InChI is InChI=1S/C12H16FNO2/c1-16-10-5-4-9(13)11(12(10)15)8-3-2-6-14-7-8/h4-5,8,14-15H,2-3,6-7H2,1H3. The Bertz CT molecular complexity index is 376. The average Bonchev–Trinajstić information content (AvgIpc) is 2.31. The van der Waals surface area contributed by atoms with Crippen LogP contribution in [0.1, 0.15) is 24.3 Å². The van der Waals surface area contributed by atoms with Gasteiger partial charge in [-0.3, -0.25) is 0 Å². The number of ether oxygens (including phenoxy) is 1. The lowest BCUT2D eigenvalue weighted by Crippen LogP contribution is -2.28. The maximum Gasteiger partial charge on any atom is 0.164 e. The van der Waals surface area contributed by atoms with E-state index < -0.39 is 0 Å². The molecule has 3 nitrogen and oxygen atoms in total. The maximum atomic E-state index is 13.7. The molecule has 1 aromatic carbocycles. The number of nitrogens with one attached hydrogen (secondary N) is 1. The summed E-state index contributed by atoms with van der Waals surface area (Å²) in [5, 5.41) is 13.1. The van der Waals surface area contributed by atoms with Crippen molar-refractivity contribution < 1.29 is 14.2 Å². The Labute approximate surface area is 94.2 Å². The smallest absolute Gasteiger partial charge is 0.164 e. The van der Waals surface area contributed by atoms with Crippen molar-refractivity contribution in [2.75, 3.05) is 20.2 Å². The zero-order chi connectivity index (χ0) is 11.5. The first-order chi connectivity index (χ1) is 7.74. The first kappa shape index (κ1) is 11.2. The van der Waals surface area contributed by atoms with E-state index in [9.17, 15) is 9.50 Å². The van der Waals surface area contributed by atoms with Crippen LogP contribution in [0.5, 0.6) is 11.5 Å². The van der Waals surface area contributed by atoms with E-state index in [0.717, 1.165) is 19.4 Å². The maximum absolute atomic E-state index is 13.7. The topological polar surface area (TPSA) is 41.5 Å². The van der Waals surface area contributed by atoms with E-state index in [-0.39, 0.29) is 17.5 Å². The summed E-state index contributed by atoms with van der Waals surface area (Å²) in [4.78, 5) is 0. The lowest BCUT2D eigenvalue weighted by molar-refractivity contribution is 0.357. The molecule has 1 heterocycles. The van der Waals surface area contributed by atoms with Gasteiger partial charge in [0.1, 0.15) is 5.82 Å². The van der Waals surface area contributed by atoms with Crippen LogP contribution < -0.4 is 10.1 Å². The summed E-state index contributed by atoms with van der Waals surface area (Å²) in [5.41, 5.74) is 0.381. The zero-order valence-electron chi connectivity index (χ0n) is 9.29. The van der Waals surface area contributed by atoms with Gasteiger partial charge in [0.15, 0.2) is 11.5 Å². The molecule has 88 valence electrons. The van der Waals surface area contributed by atoms with Crippen molar-refractivity contribution in [1.29, 1.82) is 0 Å². The van der Waals surface area contributed by atoms with Crippen molar-refractivity contribution in [3.05, 3.63) is 23.5 Å². The van der Waals surface area contributed by atoms with Crippen LogP contribution in [0.2, 0.25) is 0 Å². The lowest BCUT2D eigenvalue weighted by atomic mass is 9.90. The minimum absolute atomic E-state index is 0.0313. The van der Waals surface area contributed by atoms with Gasteiger partial charge >= 0.3 is 0 Å². The van der Waals surface area contributed by atoms with Gasteiger partial charge in [-0.2, -0.15) is 0 Å². The first-order valence-corrected chi connectivity index (χ1v) is 5.50. The molecule has 0 spiro atoms. The molecule has 1 aromatic rings. The molecule has 1 saturated heterocycles. The molecule has 16 heavy (non-hydrogen) atoms. The number of piperidine rings is 1. The van der Waals surface area contributed by atoms with Crippen molar-refractivity contribution in [1.82, 2.24) is 5.32 Å². The van der Waals surface area contributed by atoms with E-state index in [1.807, 2.05) is 0 Å². The molecule has 0 saturated carbocycles. The Hall–Kier alpha value is -1.29. The number of phenols is 1. The number of hydrogen-bond donors (Lipinski definition) is 2. The molecule has 2 rings (SSSR count). The second-order valence-electron chi connectivity index (χ2n) is 4.06. The van der Waals surface area contributed by atoms with Crippen LogP contribution >= 0.6 is 0 Å². The number of halogens is 1. The molecule has 0 radical (unpaired) electrons. The van der Waals surface area contributed by atoms with Crippen LogP contribution in [0.25, 0.3) is 0 Å². The molecule has 0 aromatic heterocycles.